The molecule has 0 unspecified atom stereocenters. The quantitative estimate of drug-likeness (QED) is 0.520. The predicted octanol–water partition coefficient (Wildman–Crippen LogP) is 3.77. The number of hydrogen-bond acceptors (Lipinski definition) is 5. The first-order valence-electron chi connectivity index (χ1n) is 9.00. The Morgan fingerprint density at radius 3 is 2.71 bits per heavy atom. The highest BCUT2D eigenvalue weighted by Crippen LogP contribution is 2.35. The molecule has 2 aromatic carbocycles. The van der Waals surface area contributed by atoms with E-state index in [1.54, 1.807) is 6.07 Å². The Labute approximate surface area is 172 Å². The lowest BCUT2D eigenvalue weighted by Gasteiger charge is -2.25. The van der Waals surface area contributed by atoms with E-state index in [0.29, 0.717) is 21.6 Å². The zero-order valence-electron chi connectivity index (χ0n) is 15.5. The van der Waals surface area contributed by atoms with Crippen molar-refractivity contribution in [3.05, 3.63) is 59.1 Å². The zero-order valence-corrected chi connectivity index (χ0v) is 17.1. The molecular formula is C20H20ClN5OS. The van der Waals surface area contributed by atoms with Crippen LogP contribution < -0.4 is 10.7 Å². The molecule has 0 saturated heterocycles. The Hall–Kier alpha value is -2.51. The third kappa shape index (κ3) is 3.25. The zero-order chi connectivity index (χ0) is 19.8. The largest absolute Gasteiger partial charge is 0.335 e. The fraction of sp³-hybridized carbons (Fsp3) is 0.250. The number of thioether (sulfide) groups is 1. The smallest absolute Gasteiger partial charge is 0.240 e. The van der Waals surface area contributed by atoms with E-state index in [9.17, 15) is 4.79 Å². The van der Waals surface area contributed by atoms with Gasteiger partial charge < -0.3 is 10.7 Å². The van der Waals surface area contributed by atoms with Crippen LogP contribution in [0.5, 0.6) is 0 Å². The Bertz CT molecular complexity index is 1040. The second kappa shape index (κ2) is 7.48. The van der Waals surface area contributed by atoms with Crippen LogP contribution in [0.4, 0.5) is 5.69 Å². The third-order valence-electron chi connectivity index (χ3n) is 4.85. The van der Waals surface area contributed by atoms with Crippen molar-refractivity contribution < 1.29 is 4.79 Å². The van der Waals surface area contributed by atoms with E-state index in [4.69, 9.17) is 17.4 Å². The lowest BCUT2D eigenvalue weighted by molar-refractivity contribution is -0.118. The number of carbonyl (C=O) groups excluding carboxylic acids is 1. The highest BCUT2D eigenvalue weighted by molar-refractivity contribution is 8.00. The van der Waals surface area contributed by atoms with E-state index in [0.717, 1.165) is 12.1 Å². The second-order valence-corrected chi connectivity index (χ2v) is 8.52. The molecule has 0 fully saturated rings. The number of nitrogens with two attached hydrogens (primary N) is 1. The summed E-state index contributed by atoms with van der Waals surface area (Å²) < 4.78 is 1.39. The van der Waals surface area contributed by atoms with Crippen molar-refractivity contribution in [2.24, 2.45) is 0 Å². The molecule has 1 aliphatic heterocycles. The second-order valence-electron chi connectivity index (χ2n) is 6.81. The number of benzene rings is 2. The number of anilines is 1. The summed E-state index contributed by atoms with van der Waals surface area (Å²) in [6.07, 6.45) is 0.864. The van der Waals surface area contributed by atoms with E-state index in [-0.39, 0.29) is 17.2 Å². The molecular weight excluding hydrogens is 394 g/mol. The van der Waals surface area contributed by atoms with Gasteiger partial charge in [0.1, 0.15) is 0 Å². The lowest BCUT2D eigenvalue weighted by atomic mass is 10.1. The minimum Gasteiger partial charge on any atom is -0.335 e. The van der Waals surface area contributed by atoms with Gasteiger partial charge in [-0.1, -0.05) is 53.7 Å². The van der Waals surface area contributed by atoms with Gasteiger partial charge in [0.15, 0.2) is 5.82 Å². The maximum Gasteiger partial charge on any atom is 0.240 e. The van der Waals surface area contributed by atoms with Gasteiger partial charge in [-0.2, -0.15) is 0 Å². The van der Waals surface area contributed by atoms with Crippen molar-refractivity contribution in [3.63, 3.8) is 0 Å². The SMILES string of the molecule is C[C@H](Sc1nnc(-c2ccccc2Cl)n1N)C(=O)N1c2ccccc2C[C@@H]1C. The number of rotatable bonds is 4. The summed E-state index contributed by atoms with van der Waals surface area (Å²) in [7, 11) is 0. The van der Waals surface area contributed by atoms with Crippen molar-refractivity contribution >= 4 is 35.0 Å². The van der Waals surface area contributed by atoms with Gasteiger partial charge in [-0.05, 0) is 44.0 Å². The van der Waals surface area contributed by atoms with Crippen LogP contribution in [0.3, 0.4) is 0 Å². The van der Waals surface area contributed by atoms with E-state index < -0.39 is 0 Å². The summed E-state index contributed by atoms with van der Waals surface area (Å²) in [5.74, 6) is 6.69. The highest BCUT2D eigenvalue weighted by atomic mass is 35.5. The maximum atomic E-state index is 13.2. The first-order chi connectivity index (χ1) is 13.5. The average molecular weight is 414 g/mol. The minimum atomic E-state index is -0.362. The van der Waals surface area contributed by atoms with Crippen LogP contribution in [0.25, 0.3) is 11.4 Å². The summed E-state index contributed by atoms with van der Waals surface area (Å²) in [5, 5.41) is 8.99. The number of nitrogen functional groups attached to an aromatic ring is 1. The van der Waals surface area contributed by atoms with E-state index >= 15 is 0 Å². The first-order valence-corrected chi connectivity index (χ1v) is 10.3. The van der Waals surface area contributed by atoms with Crippen molar-refractivity contribution in [1.29, 1.82) is 0 Å². The van der Waals surface area contributed by atoms with Gasteiger partial charge in [0.2, 0.25) is 11.1 Å². The van der Waals surface area contributed by atoms with Crippen LogP contribution in [0.1, 0.15) is 19.4 Å². The molecule has 4 rings (SSSR count). The normalized spacial score (nSPS) is 16.8. The van der Waals surface area contributed by atoms with Crippen LogP contribution in [-0.2, 0) is 11.2 Å². The topological polar surface area (TPSA) is 77.0 Å². The summed E-state index contributed by atoms with van der Waals surface area (Å²) in [6.45, 7) is 3.93. The number of aromatic nitrogens is 3. The molecule has 6 nitrogen and oxygen atoms in total. The van der Waals surface area contributed by atoms with E-state index in [1.165, 1.54) is 22.0 Å². The van der Waals surface area contributed by atoms with Crippen molar-refractivity contribution in [3.8, 4) is 11.4 Å². The molecule has 0 aliphatic carbocycles. The predicted molar refractivity (Wildman–Crippen MR) is 113 cm³/mol. The van der Waals surface area contributed by atoms with Crippen LogP contribution in [-0.4, -0.2) is 32.1 Å². The number of nitrogens with zero attached hydrogens (tertiary/aromatic N) is 4. The summed E-state index contributed by atoms with van der Waals surface area (Å²) in [5.41, 5.74) is 2.88. The number of carbonyl (C=O) groups is 1. The van der Waals surface area contributed by atoms with Gasteiger partial charge in [-0.15, -0.1) is 10.2 Å². The summed E-state index contributed by atoms with van der Waals surface area (Å²) in [6, 6.07) is 15.5. The minimum absolute atomic E-state index is 0.0322. The third-order valence-corrected chi connectivity index (χ3v) is 6.23. The molecule has 0 saturated carbocycles. The van der Waals surface area contributed by atoms with Gasteiger partial charge in [-0.25, -0.2) is 4.68 Å². The molecule has 1 amide bonds. The molecule has 2 N–H and O–H groups in total. The molecule has 8 heteroatoms. The van der Waals surface area contributed by atoms with Gasteiger partial charge in [-0.3, -0.25) is 4.79 Å². The fourth-order valence-corrected chi connectivity index (χ4v) is 4.53. The van der Waals surface area contributed by atoms with E-state index in [1.807, 2.05) is 48.2 Å². The molecule has 2 atom stereocenters. The first kappa shape index (κ1) is 18.8. The molecule has 3 aromatic rings. The van der Waals surface area contributed by atoms with Crippen LogP contribution >= 0.6 is 23.4 Å². The Kier molecular flexibility index (Phi) is 5.03. The molecule has 1 aromatic heterocycles. The molecule has 1 aliphatic rings. The fourth-order valence-electron chi connectivity index (χ4n) is 3.49. The number of hydrogen-bond donors (Lipinski definition) is 1. The van der Waals surface area contributed by atoms with Gasteiger partial charge in [0, 0.05) is 17.3 Å². The molecule has 144 valence electrons. The molecule has 0 spiro atoms. The van der Waals surface area contributed by atoms with Gasteiger partial charge in [0.25, 0.3) is 0 Å². The summed E-state index contributed by atoms with van der Waals surface area (Å²) >= 11 is 7.54. The Morgan fingerprint density at radius 1 is 1.21 bits per heavy atom. The van der Waals surface area contributed by atoms with Crippen LogP contribution in [0, 0.1) is 0 Å². The standard InChI is InChI=1S/C20H20ClN5OS/c1-12-11-14-7-3-6-10-17(14)25(12)19(27)13(2)28-20-24-23-18(26(20)22)15-8-4-5-9-16(15)21/h3-10,12-13H,11,22H2,1-2H3/t12-,13-/m0/s1. The van der Waals surface area contributed by atoms with Gasteiger partial charge in [0.05, 0.1) is 10.3 Å². The molecule has 28 heavy (non-hydrogen) atoms. The van der Waals surface area contributed by atoms with Crippen molar-refractivity contribution in [2.75, 3.05) is 10.7 Å². The maximum absolute atomic E-state index is 13.2. The molecule has 0 radical (unpaired) electrons. The number of halogens is 1. The average Bonchev–Trinajstić information content (AvgIpc) is 3.21. The Morgan fingerprint density at radius 2 is 1.93 bits per heavy atom. The number of amides is 1. The van der Waals surface area contributed by atoms with Crippen LogP contribution in [0.15, 0.2) is 53.7 Å². The monoisotopic (exact) mass is 413 g/mol. The molecule has 2 heterocycles. The van der Waals surface area contributed by atoms with Gasteiger partial charge >= 0.3 is 0 Å². The van der Waals surface area contributed by atoms with Crippen molar-refractivity contribution in [2.45, 2.75) is 36.7 Å². The number of para-hydroxylation sites is 1. The van der Waals surface area contributed by atoms with Crippen molar-refractivity contribution in [1.82, 2.24) is 14.9 Å². The lowest BCUT2D eigenvalue weighted by Crippen LogP contribution is -2.40. The summed E-state index contributed by atoms with van der Waals surface area (Å²) in [4.78, 5) is 15.0. The van der Waals surface area contributed by atoms with E-state index in [2.05, 4.69) is 23.2 Å². The number of fused-ring (bicyclic) bond motifs is 1. The molecule has 0 bridgehead atoms. The van der Waals surface area contributed by atoms with Crippen LogP contribution in [0.2, 0.25) is 5.02 Å². The Balaban J connectivity index is 1.56. The highest BCUT2D eigenvalue weighted by Gasteiger charge is 2.34.